The largest absolute Gasteiger partial charge is 0.359 e. The predicted molar refractivity (Wildman–Crippen MR) is 40.3 cm³/mol. The zero-order valence-corrected chi connectivity index (χ0v) is 6.76. The van der Waals surface area contributed by atoms with E-state index in [2.05, 4.69) is 10.5 Å². The standard InChI is InChI=1S/C7H10N2O2/c1-4-7(8-6(3)10)5(2)11-9-4/h1-3H3,(H,8,10). The summed E-state index contributed by atoms with van der Waals surface area (Å²) in [6, 6.07) is 0. The molecule has 0 spiro atoms. The summed E-state index contributed by atoms with van der Waals surface area (Å²) in [5.74, 6) is 0.525. The molecule has 0 saturated heterocycles. The first kappa shape index (κ1) is 7.78. The van der Waals surface area contributed by atoms with Crippen molar-refractivity contribution in [3.8, 4) is 0 Å². The van der Waals surface area contributed by atoms with Crippen LogP contribution in [0.2, 0.25) is 0 Å². The highest BCUT2D eigenvalue weighted by Crippen LogP contribution is 2.17. The van der Waals surface area contributed by atoms with Crippen molar-refractivity contribution < 1.29 is 9.32 Å². The van der Waals surface area contributed by atoms with Crippen molar-refractivity contribution in [2.45, 2.75) is 20.8 Å². The number of hydrogen-bond donors (Lipinski definition) is 1. The summed E-state index contributed by atoms with van der Waals surface area (Å²) in [5.41, 5.74) is 1.38. The fourth-order valence-electron chi connectivity index (χ4n) is 0.837. The molecular weight excluding hydrogens is 144 g/mol. The van der Waals surface area contributed by atoms with E-state index >= 15 is 0 Å². The molecular formula is C7H10N2O2. The molecule has 60 valence electrons. The molecule has 1 rings (SSSR count). The molecule has 0 fully saturated rings. The van der Waals surface area contributed by atoms with Gasteiger partial charge in [0.25, 0.3) is 0 Å². The maximum Gasteiger partial charge on any atom is 0.221 e. The summed E-state index contributed by atoms with van der Waals surface area (Å²) < 4.78 is 4.83. The molecule has 0 atom stereocenters. The van der Waals surface area contributed by atoms with Crippen molar-refractivity contribution >= 4 is 11.6 Å². The Morgan fingerprint density at radius 3 is 2.55 bits per heavy atom. The molecule has 0 aliphatic carbocycles. The molecule has 0 unspecified atom stereocenters. The normalized spacial score (nSPS) is 9.73. The van der Waals surface area contributed by atoms with E-state index in [-0.39, 0.29) is 5.91 Å². The topological polar surface area (TPSA) is 55.1 Å². The van der Waals surface area contributed by atoms with Crippen molar-refractivity contribution in [1.82, 2.24) is 5.16 Å². The molecule has 4 heteroatoms. The summed E-state index contributed by atoms with van der Waals surface area (Å²) in [6.45, 7) is 4.99. The summed E-state index contributed by atoms with van der Waals surface area (Å²) in [5, 5.41) is 6.31. The van der Waals surface area contributed by atoms with Crippen LogP contribution in [0.1, 0.15) is 18.4 Å². The molecule has 4 nitrogen and oxygen atoms in total. The van der Waals surface area contributed by atoms with Gasteiger partial charge in [0.1, 0.15) is 11.4 Å². The Hall–Kier alpha value is -1.32. The molecule has 0 saturated carbocycles. The molecule has 11 heavy (non-hydrogen) atoms. The summed E-state index contributed by atoms with van der Waals surface area (Å²) in [6.07, 6.45) is 0. The third-order valence-electron chi connectivity index (χ3n) is 1.33. The Morgan fingerprint density at radius 1 is 1.55 bits per heavy atom. The van der Waals surface area contributed by atoms with Crippen molar-refractivity contribution in [2.75, 3.05) is 5.32 Å². The highest BCUT2D eigenvalue weighted by Gasteiger charge is 2.08. The number of carbonyl (C=O) groups excluding carboxylic acids is 1. The number of nitrogens with zero attached hydrogens (tertiary/aromatic N) is 1. The second kappa shape index (κ2) is 2.74. The van der Waals surface area contributed by atoms with Crippen LogP contribution in [-0.2, 0) is 4.79 Å². The Labute approximate surface area is 64.6 Å². The molecule has 1 amide bonds. The van der Waals surface area contributed by atoms with Crippen LogP contribution < -0.4 is 5.32 Å². The van der Waals surface area contributed by atoms with Crippen molar-refractivity contribution in [1.29, 1.82) is 0 Å². The maximum absolute atomic E-state index is 10.6. The van der Waals surface area contributed by atoms with Crippen molar-refractivity contribution in [3.63, 3.8) is 0 Å². The highest BCUT2D eigenvalue weighted by molar-refractivity contribution is 5.89. The molecule has 0 aromatic carbocycles. The maximum atomic E-state index is 10.6. The number of rotatable bonds is 1. The summed E-state index contributed by atoms with van der Waals surface area (Å²) in [4.78, 5) is 10.6. The zero-order chi connectivity index (χ0) is 8.43. The molecule has 0 aliphatic heterocycles. The lowest BCUT2D eigenvalue weighted by Crippen LogP contribution is -2.06. The van der Waals surface area contributed by atoms with E-state index in [1.54, 1.807) is 13.8 Å². The van der Waals surface area contributed by atoms with Crippen LogP contribution in [0.25, 0.3) is 0 Å². The van der Waals surface area contributed by atoms with Gasteiger partial charge in [0, 0.05) is 6.92 Å². The van der Waals surface area contributed by atoms with Gasteiger partial charge in [-0.3, -0.25) is 4.79 Å². The molecule has 1 aromatic heterocycles. The van der Waals surface area contributed by atoms with Crippen LogP contribution in [0, 0.1) is 13.8 Å². The average Bonchev–Trinajstić information content (AvgIpc) is 2.18. The van der Waals surface area contributed by atoms with Gasteiger partial charge in [0.2, 0.25) is 5.91 Å². The van der Waals surface area contributed by atoms with Crippen LogP contribution in [0.3, 0.4) is 0 Å². The van der Waals surface area contributed by atoms with Crippen LogP contribution in [0.4, 0.5) is 5.69 Å². The molecule has 1 heterocycles. The predicted octanol–water partition coefficient (Wildman–Crippen LogP) is 1.25. The van der Waals surface area contributed by atoms with Crippen LogP contribution in [0.15, 0.2) is 4.52 Å². The van der Waals surface area contributed by atoms with Gasteiger partial charge in [0.15, 0.2) is 5.76 Å². The van der Waals surface area contributed by atoms with Crippen molar-refractivity contribution in [2.24, 2.45) is 0 Å². The van der Waals surface area contributed by atoms with Gasteiger partial charge >= 0.3 is 0 Å². The number of anilines is 1. The first-order valence-electron chi connectivity index (χ1n) is 3.31. The summed E-state index contributed by atoms with van der Waals surface area (Å²) in [7, 11) is 0. The second-order valence-electron chi connectivity index (χ2n) is 2.38. The summed E-state index contributed by atoms with van der Waals surface area (Å²) >= 11 is 0. The monoisotopic (exact) mass is 154 g/mol. The molecule has 0 bridgehead atoms. The van der Waals surface area contributed by atoms with Gasteiger partial charge in [-0.15, -0.1) is 0 Å². The van der Waals surface area contributed by atoms with E-state index < -0.39 is 0 Å². The lowest BCUT2D eigenvalue weighted by Gasteiger charge is -1.97. The fourth-order valence-corrected chi connectivity index (χ4v) is 0.837. The molecule has 1 N–H and O–H groups in total. The Kier molecular flexibility index (Phi) is 1.94. The fraction of sp³-hybridized carbons (Fsp3) is 0.429. The SMILES string of the molecule is CC(=O)Nc1c(C)noc1C. The first-order chi connectivity index (χ1) is 5.11. The van der Waals surface area contributed by atoms with Crippen LogP contribution in [-0.4, -0.2) is 11.1 Å². The van der Waals surface area contributed by atoms with E-state index in [1.807, 2.05) is 0 Å². The van der Waals surface area contributed by atoms with E-state index in [0.717, 1.165) is 0 Å². The van der Waals surface area contributed by atoms with Gasteiger partial charge in [0.05, 0.1) is 0 Å². The van der Waals surface area contributed by atoms with Crippen LogP contribution >= 0.6 is 0 Å². The number of aryl methyl sites for hydroxylation is 2. The van der Waals surface area contributed by atoms with E-state index in [1.165, 1.54) is 6.92 Å². The highest BCUT2D eigenvalue weighted by atomic mass is 16.5. The number of carbonyl (C=O) groups is 1. The van der Waals surface area contributed by atoms with Gasteiger partial charge in [-0.1, -0.05) is 5.16 Å². The van der Waals surface area contributed by atoms with E-state index in [4.69, 9.17) is 4.52 Å². The van der Waals surface area contributed by atoms with Gasteiger partial charge in [-0.05, 0) is 13.8 Å². The lowest BCUT2D eigenvalue weighted by atomic mass is 10.3. The second-order valence-corrected chi connectivity index (χ2v) is 2.38. The smallest absolute Gasteiger partial charge is 0.221 e. The number of hydrogen-bond acceptors (Lipinski definition) is 3. The molecule has 0 radical (unpaired) electrons. The van der Waals surface area contributed by atoms with E-state index in [9.17, 15) is 4.79 Å². The third kappa shape index (κ3) is 1.58. The minimum absolute atomic E-state index is 0.112. The average molecular weight is 154 g/mol. The quantitative estimate of drug-likeness (QED) is 0.662. The zero-order valence-electron chi connectivity index (χ0n) is 6.76. The van der Waals surface area contributed by atoms with Crippen LogP contribution in [0.5, 0.6) is 0 Å². The lowest BCUT2D eigenvalue weighted by molar-refractivity contribution is -0.114. The molecule has 0 aliphatic rings. The van der Waals surface area contributed by atoms with Crippen molar-refractivity contribution in [3.05, 3.63) is 11.5 Å². The van der Waals surface area contributed by atoms with Gasteiger partial charge in [-0.2, -0.15) is 0 Å². The Balaban J connectivity index is 2.92. The Bertz CT molecular complexity index is 258. The minimum Gasteiger partial charge on any atom is -0.359 e. The molecule has 1 aromatic rings. The van der Waals surface area contributed by atoms with Gasteiger partial charge < -0.3 is 9.84 Å². The first-order valence-corrected chi connectivity index (χ1v) is 3.31. The Morgan fingerprint density at radius 2 is 2.18 bits per heavy atom. The minimum atomic E-state index is -0.112. The van der Waals surface area contributed by atoms with Gasteiger partial charge in [-0.25, -0.2) is 0 Å². The van der Waals surface area contributed by atoms with E-state index in [0.29, 0.717) is 17.1 Å². The third-order valence-corrected chi connectivity index (χ3v) is 1.33. The number of amides is 1. The number of aromatic nitrogens is 1. The number of nitrogens with one attached hydrogen (secondary N) is 1.